The largest absolute Gasteiger partial charge is 0.487 e. The summed E-state index contributed by atoms with van der Waals surface area (Å²) in [4.78, 5) is 2.33. The Morgan fingerprint density at radius 2 is 1.15 bits per heavy atom. The Morgan fingerprint density at radius 3 is 1.68 bits per heavy atom. The van der Waals surface area contributed by atoms with Crippen LogP contribution < -0.4 is 9.64 Å². The zero-order chi connectivity index (χ0) is 24.1. The molecule has 4 aromatic rings. The molecular weight excluding hydrogens is 414 g/mol. The Bertz CT molecular complexity index is 1270. The minimum absolute atomic E-state index is 0.0580. The fourth-order valence-corrected chi connectivity index (χ4v) is 5.12. The highest BCUT2D eigenvalue weighted by molar-refractivity contribution is 5.82. The van der Waals surface area contributed by atoms with E-state index in [1.165, 1.54) is 33.5 Å². The predicted molar refractivity (Wildman–Crippen MR) is 144 cm³/mol. The standard InChI is InChI=1S/C32H33NO/c1-22-19-27(33(25-13-9-7-10-14-25)26-15-11-8-12-16-26)20-23(2)30(22)24-17-18-29-28(21-24)31(3,4)32(5,6)34-29/h7-21H,1-6H3. The first-order valence-corrected chi connectivity index (χ1v) is 12.0. The Morgan fingerprint density at radius 1 is 0.618 bits per heavy atom. The number of aryl methyl sites for hydroxylation is 2. The van der Waals surface area contributed by atoms with Crippen LogP contribution in [0.2, 0.25) is 0 Å². The molecule has 0 fully saturated rings. The van der Waals surface area contributed by atoms with Gasteiger partial charge in [0.25, 0.3) is 0 Å². The van der Waals surface area contributed by atoms with Gasteiger partial charge in [-0.25, -0.2) is 0 Å². The van der Waals surface area contributed by atoms with Crippen molar-refractivity contribution in [3.63, 3.8) is 0 Å². The second kappa shape index (κ2) is 8.06. The third-order valence-electron chi connectivity index (χ3n) is 7.62. The van der Waals surface area contributed by atoms with E-state index in [2.05, 4.69) is 137 Å². The third-order valence-corrected chi connectivity index (χ3v) is 7.62. The average molecular weight is 448 g/mol. The van der Waals surface area contributed by atoms with Crippen LogP contribution in [0, 0.1) is 13.8 Å². The smallest absolute Gasteiger partial charge is 0.124 e. The van der Waals surface area contributed by atoms with Crippen molar-refractivity contribution in [3.05, 3.63) is 108 Å². The normalized spacial score (nSPS) is 15.5. The lowest BCUT2D eigenvalue weighted by molar-refractivity contribution is 0.0712. The summed E-state index contributed by atoms with van der Waals surface area (Å²) in [5.74, 6) is 1.00. The van der Waals surface area contributed by atoms with Gasteiger partial charge in [0.2, 0.25) is 0 Å². The molecule has 0 aliphatic carbocycles. The zero-order valence-electron chi connectivity index (χ0n) is 21.0. The van der Waals surface area contributed by atoms with Crippen LogP contribution in [0.15, 0.2) is 91.0 Å². The van der Waals surface area contributed by atoms with Crippen LogP contribution in [-0.4, -0.2) is 5.60 Å². The van der Waals surface area contributed by atoms with Crippen molar-refractivity contribution in [2.24, 2.45) is 0 Å². The van der Waals surface area contributed by atoms with Gasteiger partial charge in [0.1, 0.15) is 11.4 Å². The summed E-state index contributed by atoms with van der Waals surface area (Å²) >= 11 is 0. The van der Waals surface area contributed by atoms with Crippen molar-refractivity contribution in [1.29, 1.82) is 0 Å². The van der Waals surface area contributed by atoms with Gasteiger partial charge in [-0.1, -0.05) is 56.3 Å². The van der Waals surface area contributed by atoms with Gasteiger partial charge in [0, 0.05) is 28.0 Å². The lowest BCUT2D eigenvalue weighted by Crippen LogP contribution is -2.41. The van der Waals surface area contributed by atoms with E-state index in [0.29, 0.717) is 0 Å². The minimum Gasteiger partial charge on any atom is -0.487 e. The highest BCUT2D eigenvalue weighted by Crippen LogP contribution is 2.50. The van der Waals surface area contributed by atoms with Gasteiger partial charge in [-0.3, -0.25) is 0 Å². The molecule has 0 spiro atoms. The molecule has 0 radical (unpaired) electrons. The molecule has 0 bridgehead atoms. The van der Waals surface area contributed by atoms with Gasteiger partial charge in [-0.05, 0) is 98.5 Å². The van der Waals surface area contributed by atoms with Crippen LogP contribution in [0.3, 0.4) is 0 Å². The van der Waals surface area contributed by atoms with Crippen LogP contribution in [-0.2, 0) is 5.41 Å². The predicted octanol–water partition coefficient (Wildman–Crippen LogP) is 8.89. The second-order valence-electron chi connectivity index (χ2n) is 10.4. The maximum Gasteiger partial charge on any atom is 0.124 e. The maximum atomic E-state index is 6.30. The quantitative estimate of drug-likeness (QED) is 0.310. The molecule has 0 unspecified atom stereocenters. The summed E-state index contributed by atoms with van der Waals surface area (Å²) in [6.45, 7) is 13.4. The molecule has 1 heterocycles. The third kappa shape index (κ3) is 3.58. The molecule has 172 valence electrons. The average Bonchev–Trinajstić information content (AvgIpc) is 2.99. The van der Waals surface area contributed by atoms with E-state index >= 15 is 0 Å². The Kier molecular flexibility index (Phi) is 5.28. The molecule has 2 nitrogen and oxygen atoms in total. The van der Waals surface area contributed by atoms with Gasteiger partial charge in [-0.2, -0.15) is 0 Å². The molecule has 4 aromatic carbocycles. The van der Waals surface area contributed by atoms with Crippen molar-refractivity contribution in [2.75, 3.05) is 4.90 Å². The van der Waals surface area contributed by atoms with Gasteiger partial charge in [0.05, 0.1) is 0 Å². The summed E-state index contributed by atoms with van der Waals surface area (Å²) in [5.41, 5.74) is 9.55. The summed E-state index contributed by atoms with van der Waals surface area (Å²) in [7, 11) is 0. The molecule has 2 heteroatoms. The van der Waals surface area contributed by atoms with E-state index in [4.69, 9.17) is 4.74 Å². The van der Waals surface area contributed by atoms with Crippen molar-refractivity contribution >= 4 is 17.1 Å². The number of nitrogens with zero attached hydrogens (tertiary/aromatic N) is 1. The van der Waals surface area contributed by atoms with E-state index in [0.717, 1.165) is 17.1 Å². The number of para-hydroxylation sites is 2. The van der Waals surface area contributed by atoms with Crippen LogP contribution in [0.1, 0.15) is 44.4 Å². The number of hydrogen-bond donors (Lipinski definition) is 0. The van der Waals surface area contributed by atoms with Gasteiger partial charge >= 0.3 is 0 Å². The summed E-state index contributed by atoms with van der Waals surface area (Å²) < 4.78 is 6.30. The highest BCUT2D eigenvalue weighted by Gasteiger charge is 2.48. The molecule has 0 N–H and O–H groups in total. The van der Waals surface area contributed by atoms with E-state index in [1.807, 2.05) is 0 Å². The van der Waals surface area contributed by atoms with Gasteiger partial charge < -0.3 is 9.64 Å². The minimum atomic E-state index is -0.228. The number of ether oxygens (including phenoxy) is 1. The maximum absolute atomic E-state index is 6.30. The molecule has 34 heavy (non-hydrogen) atoms. The first kappa shape index (κ1) is 22.3. The highest BCUT2D eigenvalue weighted by atomic mass is 16.5. The molecule has 1 aliphatic heterocycles. The second-order valence-corrected chi connectivity index (χ2v) is 10.4. The Labute approximate surface area is 203 Å². The molecule has 0 atom stereocenters. The van der Waals surface area contributed by atoms with Crippen LogP contribution in [0.5, 0.6) is 5.75 Å². The lowest BCUT2D eigenvalue weighted by Gasteiger charge is -2.33. The van der Waals surface area contributed by atoms with Crippen LogP contribution >= 0.6 is 0 Å². The first-order valence-electron chi connectivity index (χ1n) is 12.0. The Hall–Kier alpha value is -3.52. The molecule has 5 rings (SSSR count). The summed E-state index contributed by atoms with van der Waals surface area (Å²) in [6.07, 6.45) is 0. The van der Waals surface area contributed by atoms with Crippen molar-refractivity contribution in [3.8, 4) is 16.9 Å². The van der Waals surface area contributed by atoms with Gasteiger partial charge in [0.15, 0.2) is 0 Å². The zero-order valence-corrected chi connectivity index (χ0v) is 21.0. The number of anilines is 3. The monoisotopic (exact) mass is 447 g/mol. The topological polar surface area (TPSA) is 12.5 Å². The van der Waals surface area contributed by atoms with Crippen molar-refractivity contribution in [2.45, 2.75) is 52.6 Å². The van der Waals surface area contributed by atoms with Crippen LogP contribution in [0.4, 0.5) is 17.1 Å². The van der Waals surface area contributed by atoms with Gasteiger partial charge in [-0.15, -0.1) is 0 Å². The number of benzene rings is 4. The SMILES string of the molecule is Cc1cc(N(c2ccccc2)c2ccccc2)cc(C)c1-c1ccc2c(c1)C(C)(C)C(C)(C)O2. The summed E-state index contributed by atoms with van der Waals surface area (Å²) in [5, 5.41) is 0. The molecule has 0 amide bonds. The fourth-order valence-electron chi connectivity index (χ4n) is 5.12. The van der Waals surface area contributed by atoms with Crippen LogP contribution in [0.25, 0.3) is 11.1 Å². The van der Waals surface area contributed by atoms with E-state index in [1.54, 1.807) is 0 Å². The molecule has 0 saturated heterocycles. The van der Waals surface area contributed by atoms with E-state index < -0.39 is 0 Å². The first-order chi connectivity index (χ1) is 16.2. The molecular formula is C32H33NO. The van der Waals surface area contributed by atoms with Crippen molar-refractivity contribution < 1.29 is 4.74 Å². The molecule has 1 aliphatic rings. The van der Waals surface area contributed by atoms with E-state index in [-0.39, 0.29) is 11.0 Å². The fraction of sp³-hybridized carbons (Fsp3) is 0.250. The summed E-state index contributed by atoms with van der Waals surface area (Å²) in [6, 6.07) is 32.4. The number of rotatable bonds is 4. The van der Waals surface area contributed by atoms with E-state index in [9.17, 15) is 0 Å². The number of fused-ring (bicyclic) bond motifs is 1. The molecule has 0 aromatic heterocycles. The Balaban J connectivity index is 1.62. The number of hydrogen-bond acceptors (Lipinski definition) is 2. The molecule has 0 saturated carbocycles. The van der Waals surface area contributed by atoms with Crippen molar-refractivity contribution in [1.82, 2.24) is 0 Å². The lowest BCUT2D eigenvalue weighted by atomic mass is 9.73.